The van der Waals surface area contributed by atoms with Crippen molar-refractivity contribution in [2.24, 2.45) is 11.8 Å². The number of cyclic esters (lactones) is 1. The number of hydrogen-bond acceptors (Lipinski definition) is 15. The minimum absolute atomic E-state index is 0.0124. The van der Waals surface area contributed by atoms with Gasteiger partial charge in [-0.15, -0.1) is 0 Å². The molecule has 1 aliphatic carbocycles. The summed E-state index contributed by atoms with van der Waals surface area (Å²) >= 11 is 0. The molecule has 4 heterocycles. The van der Waals surface area contributed by atoms with Gasteiger partial charge in [0.1, 0.15) is 18.3 Å². The number of ether oxygens (including phenoxy) is 9. The lowest BCUT2D eigenvalue weighted by Gasteiger charge is -2.48. The fraction of sp³-hybridized carbons (Fsp3) is 0.552. The lowest BCUT2D eigenvalue weighted by Crippen LogP contribution is -2.64. The molecule has 0 bridgehead atoms. The summed E-state index contributed by atoms with van der Waals surface area (Å²) < 4.78 is 89.7. The van der Waals surface area contributed by atoms with Crippen molar-refractivity contribution in [2.75, 3.05) is 34.2 Å². The zero-order valence-electron chi connectivity index (χ0n) is 24.8. The van der Waals surface area contributed by atoms with Gasteiger partial charge in [0.25, 0.3) is 0 Å². The molecule has 3 fully saturated rings. The van der Waals surface area contributed by atoms with Crippen molar-refractivity contribution in [3.05, 3.63) is 41.0 Å². The number of phenolic OH excluding ortho intramolecular Hbond substituents is 1. The number of esters is 1. The molecule has 0 aromatic heterocycles. The summed E-state index contributed by atoms with van der Waals surface area (Å²) in [7, 11) is -2.33. The Morgan fingerprint density at radius 3 is 2.26 bits per heavy atom. The smallest absolute Gasteiger partial charge is 0.397 e. The van der Waals surface area contributed by atoms with Crippen LogP contribution in [0.3, 0.4) is 0 Å². The van der Waals surface area contributed by atoms with Crippen molar-refractivity contribution in [1.82, 2.24) is 0 Å². The van der Waals surface area contributed by atoms with E-state index in [4.69, 9.17) is 46.8 Å². The van der Waals surface area contributed by atoms with Gasteiger partial charge in [0.05, 0.1) is 39.5 Å². The topological polar surface area (TPSA) is 204 Å². The van der Waals surface area contributed by atoms with E-state index in [0.717, 1.165) is 0 Å². The minimum Gasteiger partial charge on any atom is -0.502 e. The fourth-order valence-corrected chi connectivity index (χ4v) is 7.45. The third-order valence-electron chi connectivity index (χ3n) is 8.95. The maximum Gasteiger partial charge on any atom is 0.397 e. The summed E-state index contributed by atoms with van der Waals surface area (Å²) in [5.41, 5.74) is 1.66. The number of aliphatic hydroxyl groups is 1. The molecular weight excluding hydrogens is 636 g/mol. The molecule has 10 atom stereocenters. The second kappa shape index (κ2) is 11.7. The number of methoxy groups -OCH3 is 2. The summed E-state index contributed by atoms with van der Waals surface area (Å²) in [6.07, 6.45) is -8.67. The van der Waals surface area contributed by atoms with Crippen molar-refractivity contribution in [2.45, 2.75) is 55.9 Å². The van der Waals surface area contributed by atoms with Crippen LogP contribution in [0.25, 0.3) is 0 Å². The van der Waals surface area contributed by atoms with Crippen molar-refractivity contribution >= 4 is 16.4 Å². The van der Waals surface area contributed by atoms with Gasteiger partial charge in [-0.1, -0.05) is 0 Å². The van der Waals surface area contributed by atoms with Gasteiger partial charge in [0, 0.05) is 11.8 Å². The first-order valence-corrected chi connectivity index (χ1v) is 15.8. The molecule has 3 saturated heterocycles. The van der Waals surface area contributed by atoms with E-state index >= 15 is 0 Å². The number of aliphatic hydroxyl groups excluding tert-OH is 1. The van der Waals surface area contributed by atoms with Crippen molar-refractivity contribution < 1.29 is 74.8 Å². The third-order valence-corrected chi connectivity index (χ3v) is 9.42. The van der Waals surface area contributed by atoms with Gasteiger partial charge in [0.15, 0.2) is 41.7 Å². The number of aromatic hydroxyl groups is 1. The molecule has 4 aliphatic heterocycles. The average molecular weight is 669 g/mol. The van der Waals surface area contributed by atoms with Crippen molar-refractivity contribution in [1.29, 1.82) is 0 Å². The number of fused-ring (bicyclic) bond motifs is 4. The second-order valence-electron chi connectivity index (χ2n) is 11.5. The number of rotatable bonds is 7. The molecule has 17 heteroatoms. The molecule has 0 spiro atoms. The summed E-state index contributed by atoms with van der Waals surface area (Å²) in [4.78, 5) is 13.5. The normalized spacial score (nSPS) is 34.7. The predicted octanol–water partition coefficient (Wildman–Crippen LogP) is 1.17. The molecule has 0 amide bonds. The van der Waals surface area contributed by atoms with E-state index in [0.29, 0.717) is 28.2 Å². The highest BCUT2D eigenvalue weighted by molar-refractivity contribution is 7.80. The van der Waals surface area contributed by atoms with E-state index in [-0.39, 0.29) is 37.3 Å². The van der Waals surface area contributed by atoms with Crippen LogP contribution in [0.4, 0.5) is 0 Å². The monoisotopic (exact) mass is 668 g/mol. The summed E-state index contributed by atoms with van der Waals surface area (Å²) in [5.74, 6) is -1.92. The van der Waals surface area contributed by atoms with Gasteiger partial charge >= 0.3 is 16.4 Å². The fourth-order valence-electron chi connectivity index (χ4n) is 6.96. The Hall–Kier alpha value is -3.42. The van der Waals surface area contributed by atoms with Gasteiger partial charge in [-0.2, -0.15) is 8.42 Å². The second-order valence-corrected chi connectivity index (χ2v) is 12.5. The quantitative estimate of drug-likeness (QED) is 0.280. The van der Waals surface area contributed by atoms with Crippen LogP contribution in [0.1, 0.15) is 35.6 Å². The van der Waals surface area contributed by atoms with Crippen LogP contribution < -0.4 is 18.9 Å². The highest BCUT2D eigenvalue weighted by Crippen LogP contribution is 2.57. The van der Waals surface area contributed by atoms with Crippen LogP contribution in [-0.4, -0.2) is 100 Å². The van der Waals surface area contributed by atoms with E-state index in [9.17, 15) is 28.0 Å². The van der Waals surface area contributed by atoms with E-state index in [1.165, 1.54) is 14.2 Å². The first-order chi connectivity index (χ1) is 22.0. The number of benzene rings is 2. The van der Waals surface area contributed by atoms with Crippen LogP contribution in [-0.2, 0) is 43.1 Å². The zero-order chi connectivity index (χ0) is 32.5. The molecule has 0 radical (unpaired) electrons. The first-order valence-electron chi connectivity index (χ1n) is 14.4. The van der Waals surface area contributed by atoms with E-state index in [1.54, 1.807) is 31.2 Å². The summed E-state index contributed by atoms with van der Waals surface area (Å²) in [5, 5.41) is 21.8. The van der Waals surface area contributed by atoms with Crippen molar-refractivity contribution in [3.8, 4) is 28.7 Å². The van der Waals surface area contributed by atoms with E-state index < -0.39 is 77.2 Å². The van der Waals surface area contributed by atoms with Gasteiger partial charge in [0.2, 0.25) is 12.5 Å². The Morgan fingerprint density at radius 2 is 1.61 bits per heavy atom. The molecule has 0 saturated carbocycles. The highest BCUT2D eigenvalue weighted by Gasteiger charge is 2.57. The lowest BCUT2D eigenvalue weighted by molar-refractivity contribution is -0.361. The maximum absolute atomic E-state index is 13.5. The summed E-state index contributed by atoms with van der Waals surface area (Å²) in [6.45, 7) is 1.45. The molecule has 250 valence electrons. The highest BCUT2D eigenvalue weighted by atomic mass is 32.3. The van der Waals surface area contributed by atoms with Gasteiger partial charge in [-0.25, -0.2) is 4.18 Å². The molecule has 46 heavy (non-hydrogen) atoms. The summed E-state index contributed by atoms with van der Waals surface area (Å²) in [6, 6.07) is 6.61. The molecule has 5 aliphatic rings. The van der Waals surface area contributed by atoms with Gasteiger partial charge in [-0.3, -0.25) is 9.35 Å². The molecule has 16 nitrogen and oxygen atoms in total. The Morgan fingerprint density at radius 1 is 0.935 bits per heavy atom. The Kier molecular flexibility index (Phi) is 7.92. The predicted molar refractivity (Wildman–Crippen MR) is 149 cm³/mol. The van der Waals surface area contributed by atoms with Crippen LogP contribution >= 0.6 is 0 Å². The first kappa shape index (κ1) is 31.2. The lowest BCUT2D eigenvalue weighted by atomic mass is 9.66. The minimum atomic E-state index is -5.10. The SMILES string of the molecule is COc1cc([C@@H]2c3cc4c(cc3[C@@H](O[C@@H]3O[C@@H]5CO[C@@H](C)O[C@H]5[C@H](O)[C@H]3OS(=O)(=O)O)[C@H]3COC(=O)[C@H]23)OCO4)cc(OC)c1O. The number of carbonyl (C=O) groups is 1. The number of carbonyl (C=O) groups excluding carboxylic acids is 1. The van der Waals surface area contributed by atoms with Gasteiger partial charge < -0.3 is 52.8 Å². The molecule has 0 unspecified atom stereocenters. The van der Waals surface area contributed by atoms with Crippen LogP contribution in [0.2, 0.25) is 0 Å². The Labute approximate surface area is 262 Å². The number of hydrogen-bond donors (Lipinski definition) is 3. The molecule has 2 aromatic carbocycles. The standard InChI is InChI=1S/C29H32O16S/c1-11-38-9-20-26(42-11)24(31)27(45-46(33,34)35)29(43-20)44-25-14-7-17-16(40-10-41-17)6-13(14)21(22-15(25)8-39-28(22)32)12-4-18(36-2)23(30)19(5-12)37-3/h4-7,11,15,20-22,24-27,29-31H,8-10H2,1-3H3,(H,33,34,35)/t11-,15+,20-,21-,22+,24+,25-,26-,27-,29+/m1/s1. The van der Waals surface area contributed by atoms with E-state index in [1.807, 2.05) is 0 Å². The van der Waals surface area contributed by atoms with Crippen LogP contribution in [0, 0.1) is 11.8 Å². The zero-order valence-corrected chi connectivity index (χ0v) is 25.6. The number of phenols is 1. The third kappa shape index (κ3) is 5.29. The largest absolute Gasteiger partial charge is 0.502 e. The van der Waals surface area contributed by atoms with Crippen LogP contribution in [0.15, 0.2) is 24.3 Å². The molecule has 7 rings (SSSR count). The average Bonchev–Trinajstić information content (AvgIpc) is 3.64. The van der Waals surface area contributed by atoms with Gasteiger partial charge in [-0.05, 0) is 47.9 Å². The van der Waals surface area contributed by atoms with Crippen molar-refractivity contribution in [3.63, 3.8) is 0 Å². The molecular formula is C29H32O16S. The van der Waals surface area contributed by atoms with E-state index in [2.05, 4.69) is 0 Å². The Balaban J connectivity index is 1.34. The molecule has 2 aromatic rings. The van der Waals surface area contributed by atoms with Crippen LogP contribution in [0.5, 0.6) is 28.7 Å². The molecule has 3 N–H and O–H groups in total. The Bertz CT molecular complexity index is 1600. The maximum atomic E-state index is 13.5.